The quantitative estimate of drug-likeness (QED) is 0.400. The van der Waals surface area contributed by atoms with Gasteiger partial charge in [0.05, 0.1) is 6.61 Å². The maximum absolute atomic E-state index is 11.9. The summed E-state index contributed by atoms with van der Waals surface area (Å²) in [5.74, 6) is -0.330. The molecule has 2 aromatic rings. The van der Waals surface area contributed by atoms with Gasteiger partial charge in [0.1, 0.15) is 0 Å². The van der Waals surface area contributed by atoms with Crippen LogP contribution >= 0.6 is 7.82 Å². The second kappa shape index (κ2) is 8.74. The van der Waals surface area contributed by atoms with Crippen molar-refractivity contribution >= 4 is 25.9 Å². The normalized spacial score (nSPS) is 11.6. The lowest BCUT2D eigenvalue weighted by Crippen LogP contribution is -2.26. The summed E-state index contributed by atoms with van der Waals surface area (Å²) in [4.78, 5) is 29.0. The number of benzene rings is 2. The van der Waals surface area contributed by atoms with Gasteiger partial charge in [0.25, 0.3) is 5.91 Å². The number of rotatable bonds is 7. The molecule has 0 aromatic heterocycles. The van der Waals surface area contributed by atoms with Crippen LogP contribution in [0.25, 0.3) is 12.2 Å². The van der Waals surface area contributed by atoms with Crippen LogP contribution in [0.15, 0.2) is 48.5 Å². The van der Waals surface area contributed by atoms with Crippen molar-refractivity contribution < 1.29 is 23.7 Å². The van der Waals surface area contributed by atoms with Gasteiger partial charge in [0.2, 0.25) is 0 Å². The van der Waals surface area contributed by atoms with Gasteiger partial charge in [-0.1, -0.05) is 54.1 Å². The van der Waals surface area contributed by atoms with Crippen LogP contribution in [-0.2, 0) is 9.09 Å². The molecule has 3 N–H and O–H groups in total. The van der Waals surface area contributed by atoms with Crippen LogP contribution in [0.2, 0.25) is 0 Å². The third-order valence-corrected chi connectivity index (χ3v) is 3.88. The zero-order valence-corrected chi connectivity index (χ0v) is 14.6. The van der Waals surface area contributed by atoms with E-state index in [9.17, 15) is 9.36 Å². The standard InChI is InChI=1S/C18H20NO5P/c1-14-2-4-15(5-3-14)6-7-16-8-10-17(11-9-16)18(20)19-12-13-24-25(21,22)23/h2-11H,12-13H2,1H3,(H,19,20)(H2,21,22,23)/b7-6+. The van der Waals surface area contributed by atoms with E-state index >= 15 is 0 Å². The van der Waals surface area contributed by atoms with Crippen molar-refractivity contribution in [2.75, 3.05) is 13.2 Å². The summed E-state index contributed by atoms with van der Waals surface area (Å²) in [5, 5.41) is 2.53. The molecule has 0 spiro atoms. The molecule has 0 fully saturated rings. The number of hydrogen-bond donors (Lipinski definition) is 3. The number of phosphoric acid groups is 1. The lowest BCUT2D eigenvalue weighted by atomic mass is 10.1. The average Bonchev–Trinajstić information content (AvgIpc) is 2.58. The van der Waals surface area contributed by atoms with Crippen LogP contribution in [-0.4, -0.2) is 28.8 Å². The minimum Gasteiger partial charge on any atom is -0.350 e. The van der Waals surface area contributed by atoms with Crippen LogP contribution in [0.1, 0.15) is 27.0 Å². The van der Waals surface area contributed by atoms with Crippen molar-refractivity contribution in [3.05, 3.63) is 70.8 Å². The van der Waals surface area contributed by atoms with E-state index in [1.807, 2.05) is 55.5 Å². The fourth-order valence-electron chi connectivity index (χ4n) is 2.05. The van der Waals surface area contributed by atoms with Crippen molar-refractivity contribution in [1.82, 2.24) is 5.32 Å². The number of nitrogens with one attached hydrogen (secondary N) is 1. The minimum absolute atomic E-state index is 0.0129. The summed E-state index contributed by atoms with van der Waals surface area (Å²) in [6.45, 7) is 1.79. The monoisotopic (exact) mass is 361 g/mol. The summed E-state index contributed by atoms with van der Waals surface area (Å²) in [5.41, 5.74) is 3.72. The van der Waals surface area contributed by atoms with Gasteiger partial charge in [-0.2, -0.15) is 0 Å². The third kappa shape index (κ3) is 7.03. The van der Waals surface area contributed by atoms with E-state index in [1.165, 1.54) is 5.56 Å². The first-order valence-corrected chi connectivity index (χ1v) is 9.20. The third-order valence-electron chi connectivity index (χ3n) is 3.37. The van der Waals surface area contributed by atoms with Gasteiger partial charge >= 0.3 is 7.82 Å². The Labute approximate surface area is 146 Å². The summed E-state index contributed by atoms with van der Waals surface area (Å²) < 4.78 is 14.8. The highest BCUT2D eigenvalue weighted by Crippen LogP contribution is 2.35. The second-order valence-corrected chi connectivity index (χ2v) is 6.69. The molecular weight excluding hydrogens is 341 g/mol. The van der Waals surface area contributed by atoms with E-state index in [-0.39, 0.29) is 19.1 Å². The number of carbonyl (C=O) groups excluding carboxylic acids is 1. The summed E-state index contributed by atoms with van der Waals surface area (Å²) in [7, 11) is -4.50. The summed E-state index contributed by atoms with van der Waals surface area (Å²) in [6.07, 6.45) is 3.95. The maximum atomic E-state index is 11.9. The predicted molar refractivity (Wildman–Crippen MR) is 96.9 cm³/mol. The second-order valence-electron chi connectivity index (χ2n) is 5.45. The highest BCUT2D eigenvalue weighted by molar-refractivity contribution is 7.46. The molecule has 0 aliphatic heterocycles. The van der Waals surface area contributed by atoms with Crippen molar-refractivity contribution in [2.24, 2.45) is 0 Å². The van der Waals surface area contributed by atoms with Crippen molar-refractivity contribution in [1.29, 1.82) is 0 Å². The highest BCUT2D eigenvalue weighted by Gasteiger charge is 2.13. The molecule has 0 atom stereocenters. The molecule has 25 heavy (non-hydrogen) atoms. The summed E-state index contributed by atoms with van der Waals surface area (Å²) in [6, 6.07) is 15.2. The van der Waals surface area contributed by atoms with E-state index in [4.69, 9.17) is 9.79 Å². The largest absolute Gasteiger partial charge is 0.469 e. The van der Waals surface area contributed by atoms with E-state index < -0.39 is 7.82 Å². The van der Waals surface area contributed by atoms with Gasteiger partial charge in [-0.25, -0.2) is 4.57 Å². The fraction of sp³-hybridized carbons (Fsp3) is 0.167. The molecule has 2 aromatic carbocycles. The van der Waals surface area contributed by atoms with Crippen LogP contribution in [0, 0.1) is 6.92 Å². The Morgan fingerprint density at radius 1 is 1.04 bits per heavy atom. The van der Waals surface area contributed by atoms with Crippen LogP contribution in [0.4, 0.5) is 0 Å². The number of phosphoric ester groups is 1. The molecule has 0 saturated carbocycles. The molecule has 0 unspecified atom stereocenters. The molecule has 1 amide bonds. The highest BCUT2D eigenvalue weighted by atomic mass is 31.2. The molecule has 0 saturated heterocycles. The molecule has 7 heteroatoms. The number of carbonyl (C=O) groups is 1. The zero-order chi connectivity index (χ0) is 18.3. The van der Waals surface area contributed by atoms with Gasteiger partial charge in [-0.15, -0.1) is 0 Å². The fourth-order valence-corrected chi connectivity index (χ4v) is 2.38. The molecule has 132 valence electrons. The van der Waals surface area contributed by atoms with Crippen LogP contribution in [0.5, 0.6) is 0 Å². The molecule has 0 aliphatic carbocycles. The average molecular weight is 361 g/mol. The topological polar surface area (TPSA) is 95.9 Å². The van der Waals surface area contributed by atoms with Gasteiger partial charge in [-0.3, -0.25) is 9.32 Å². The molecule has 0 aliphatic rings. The lowest BCUT2D eigenvalue weighted by molar-refractivity contribution is 0.0941. The molecule has 2 rings (SSSR count). The van der Waals surface area contributed by atoms with Crippen molar-refractivity contribution in [3.8, 4) is 0 Å². The van der Waals surface area contributed by atoms with E-state index in [0.29, 0.717) is 5.56 Å². The smallest absolute Gasteiger partial charge is 0.350 e. The Morgan fingerprint density at radius 2 is 1.56 bits per heavy atom. The Hall–Kier alpha value is -2.24. The van der Waals surface area contributed by atoms with E-state index in [0.717, 1.165) is 11.1 Å². The number of amides is 1. The Bertz CT molecular complexity index is 778. The molecule has 0 bridgehead atoms. The molecule has 6 nitrogen and oxygen atoms in total. The first kappa shape index (κ1) is 19.1. The molecule has 0 heterocycles. The molecule has 0 radical (unpaired) electrons. The van der Waals surface area contributed by atoms with E-state index in [2.05, 4.69) is 9.84 Å². The van der Waals surface area contributed by atoms with Crippen LogP contribution in [0.3, 0.4) is 0 Å². The van der Waals surface area contributed by atoms with Crippen molar-refractivity contribution in [3.63, 3.8) is 0 Å². The predicted octanol–water partition coefficient (Wildman–Crippen LogP) is 3.00. The summed E-state index contributed by atoms with van der Waals surface area (Å²) >= 11 is 0. The van der Waals surface area contributed by atoms with Gasteiger partial charge in [-0.05, 0) is 30.2 Å². The van der Waals surface area contributed by atoms with E-state index in [1.54, 1.807) is 12.1 Å². The number of aryl methyl sites for hydroxylation is 1. The van der Waals surface area contributed by atoms with Gasteiger partial charge < -0.3 is 15.1 Å². The van der Waals surface area contributed by atoms with Gasteiger partial charge in [0.15, 0.2) is 0 Å². The number of hydrogen-bond acceptors (Lipinski definition) is 3. The first-order valence-electron chi connectivity index (χ1n) is 7.66. The zero-order valence-electron chi connectivity index (χ0n) is 13.8. The maximum Gasteiger partial charge on any atom is 0.469 e. The van der Waals surface area contributed by atoms with Crippen molar-refractivity contribution in [2.45, 2.75) is 6.92 Å². The Kier molecular flexibility index (Phi) is 6.67. The van der Waals surface area contributed by atoms with Gasteiger partial charge in [0, 0.05) is 12.1 Å². The Balaban J connectivity index is 1.87. The SMILES string of the molecule is Cc1ccc(/C=C/c2ccc(C(=O)NCCOP(=O)(O)O)cc2)cc1. The Morgan fingerprint density at radius 3 is 2.08 bits per heavy atom. The molecular formula is C18H20NO5P. The first-order chi connectivity index (χ1) is 11.8. The minimum atomic E-state index is -4.50. The lowest BCUT2D eigenvalue weighted by Gasteiger charge is -2.07. The van der Waals surface area contributed by atoms with Crippen LogP contribution < -0.4 is 5.32 Å².